The van der Waals surface area contributed by atoms with E-state index in [4.69, 9.17) is 0 Å². The zero-order chi connectivity index (χ0) is 12.0. The summed E-state index contributed by atoms with van der Waals surface area (Å²) in [6.07, 6.45) is 2.12. The quantitative estimate of drug-likeness (QED) is 0.846. The molecule has 1 aromatic carbocycles. The molecule has 0 saturated heterocycles. The van der Waals surface area contributed by atoms with E-state index in [1.807, 2.05) is 0 Å². The van der Waals surface area contributed by atoms with Gasteiger partial charge in [-0.3, -0.25) is 4.79 Å². The fraction of sp³-hybridized carbons (Fsp3) is 0.308. The predicted molar refractivity (Wildman–Crippen MR) is 63.4 cm³/mol. The maximum absolute atomic E-state index is 13.1. The number of amides is 1. The molecule has 1 aromatic heterocycles. The number of carbonyl (C=O) groups is 1. The Balaban J connectivity index is 2.03. The largest absolute Gasteiger partial charge is 0.348 e. The number of halogens is 1. The standard InChI is InChI=1S/C13H13FN2O/c1-16-11-7-9(14)3-2-8(11)6-12(16)13(17)15-10-4-5-10/h2-3,6-7,10H,4-5H2,1H3,(H,15,17). The number of rotatable bonds is 2. The van der Waals surface area contributed by atoms with Gasteiger partial charge in [-0.15, -0.1) is 0 Å². The van der Waals surface area contributed by atoms with Gasteiger partial charge in [-0.05, 0) is 37.1 Å². The van der Waals surface area contributed by atoms with E-state index in [-0.39, 0.29) is 11.7 Å². The number of benzene rings is 1. The Hall–Kier alpha value is -1.84. The van der Waals surface area contributed by atoms with Crippen molar-refractivity contribution >= 4 is 16.8 Å². The van der Waals surface area contributed by atoms with Gasteiger partial charge in [-0.2, -0.15) is 0 Å². The van der Waals surface area contributed by atoms with Crippen molar-refractivity contribution in [1.82, 2.24) is 9.88 Å². The van der Waals surface area contributed by atoms with Gasteiger partial charge in [0.2, 0.25) is 0 Å². The predicted octanol–water partition coefficient (Wildman–Crippen LogP) is 2.21. The lowest BCUT2D eigenvalue weighted by atomic mass is 10.2. The highest BCUT2D eigenvalue weighted by Crippen LogP contribution is 2.22. The molecule has 3 nitrogen and oxygen atoms in total. The van der Waals surface area contributed by atoms with Gasteiger partial charge in [-0.1, -0.05) is 0 Å². The van der Waals surface area contributed by atoms with Crippen molar-refractivity contribution in [1.29, 1.82) is 0 Å². The summed E-state index contributed by atoms with van der Waals surface area (Å²) in [4.78, 5) is 11.9. The third-order valence-corrected chi connectivity index (χ3v) is 3.15. The number of nitrogens with zero attached hydrogens (tertiary/aromatic N) is 1. The number of carbonyl (C=O) groups excluding carboxylic acids is 1. The van der Waals surface area contributed by atoms with Gasteiger partial charge in [0.05, 0.1) is 5.52 Å². The van der Waals surface area contributed by atoms with E-state index in [1.54, 1.807) is 23.7 Å². The average molecular weight is 232 g/mol. The molecule has 0 atom stereocenters. The van der Waals surface area contributed by atoms with Gasteiger partial charge in [-0.25, -0.2) is 4.39 Å². The highest BCUT2D eigenvalue weighted by atomic mass is 19.1. The van der Waals surface area contributed by atoms with Crippen molar-refractivity contribution in [2.24, 2.45) is 7.05 Å². The average Bonchev–Trinajstić information content (AvgIpc) is 3.04. The molecule has 0 aliphatic heterocycles. The van der Waals surface area contributed by atoms with E-state index >= 15 is 0 Å². The number of hydrogen-bond donors (Lipinski definition) is 1. The lowest BCUT2D eigenvalue weighted by molar-refractivity contribution is 0.0943. The smallest absolute Gasteiger partial charge is 0.268 e. The van der Waals surface area contributed by atoms with Gasteiger partial charge < -0.3 is 9.88 Å². The maximum atomic E-state index is 13.1. The van der Waals surface area contributed by atoms with Crippen LogP contribution < -0.4 is 5.32 Å². The zero-order valence-corrected chi connectivity index (χ0v) is 9.53. The Labute approximate surface area is 98.2 Å². The van der Waals surface area contributed by atoms with Gasteiger partial charge in [0, 0.05) is 18.5 Å². The van der Waals surface area contributed by atoms with Crippen LogP contribution in [0.2, 0.25) is 0 Å². The van der Waals surface area contributed by atoms with E-state index in [0.29, 0.717) is 11.7 Å². The first-order valence-corrected chi connectivity index (χ1v) is 5.71. The summed E-state index contributed by atoms with van der Waals surface area (Å²) in [7, 11) is 1.78. The van der Waals surface area contributed by atoms with E-state index in [9.17, 15) is 9.18 Å². The van der Waals surface area contributed by atoms with Crippen LogP contribution in [0.15, 0.2) is 24.3 Å². The fourth-order valence-electron chi connectivity index (χ4n) is 2.01. The summed E-state index contributed by atoms with van der Waals surface area (Å²) in [6.45, 7) is 0. The molecule has 0 spiro atoms. The second-order valence-corrected chi connectivity index (χ2v) is 4.54. The summed E-state index contributed by atoms with van der Waals surface area (Å²) in [6, 6.07) is 6.68. The third-order valence-electron chi connectivity index (χ3n) is 3.15. The first kappa shape index (κ1) is 10.3. The van der Waals surface area contributed by atoms with Gasteiger partial charge >= 0.3 is 0 Å². The normalized spacial score (nSPS) is 15.2. The number of aromatic nitrogens is 1. The fourth-order valence-corrected chi connectivity index (χ4v) is 2.01. The Kier molecular flexibility index (Phi) is 2.18. The molecule has 0 radical (unpaired) electrons. The molecule has 1 fully saturated rings. The van der Waals surface area contributed by atoms with Crippen molar-refractivity contribution in [2.75, 3.05) is 0 Å². The summed E-state index contributed by atoms with van der Waals surface area (Å²) in [5.41, 5.74) is 1.32. The van der Waals surface area contributed by atoms with Crippen LogP contribution >= 0.6 is 0 Å². The van der Waals surface area contributed by atoms with Crippen molar-refractivity contribution < 1.29 is 9.18 Å². The molecule has 17 heavy (non-hydrogen) atoms. The molecule has 1 aliphatic carbocycles. The number of hydrogen-bond acceptors (Lipinski definition) is 1. The molecule has 88 valence electrons. The number of aryl methyl sites for hydroxylation is 1. The Morgan fingerprint density at radius 1 is 1.41 bits per heavy atom. The second-order valence-electron chi connectivity index (χ2n) is 4.54. The Bertz CT molecular complexity index is 599. The van der Waals surface area contributed by atoms with Crippen molar-refractivity contribution in [3.63, 3.8) is 0 Å². The molecule has 1 N–H and O–H groups in total. The van der Waals surface area contributed by atoms with Crippen LogP contribution in [-0.4, -0.2) is 16.5 Å². The summed E-state index contributed by atoms with van der Waals surface area (Å²) in [5, 5.41) is 3.82. The third kappa shape index (κ3) is 1.79. The molecule has 1 heterocycles. The van der Waals surface area contributed by atoms with Crippen LogP contribution in [0.4, 0.5) is 4.39 Å². The van der Waals surface area contributed by atoms with E-state index in [0.717, 1.165) is 23.7 Å². The van der Waals surface area contributed by atoms with Crippen LogP contribution in [0.5, 0.6) is 0 Å². The molecule has 4 heteroatoms. The minimum absolute atomic E-state index is 0.0772. The Morgan fingerprint density at radius 3 is 2.88 bits per heavy atom. The zero-order valence-electron chi connectivity index (χ0n) is 9.53. The molecule has 0 unspecified atom stereocenters. The van der Waals surface area contributed by atoms with Crippen molar-refractivity contribution in [3.05, 3.63) is 35.8 Å². The van der Waals surface area contributed by atoms with Crippen molar-refractivity contribution in [3.8, 4) is 0 Å². The minimum atomic E-state index is -0.284. The van der Waals surface area contributed by atoms with E-state index in [1.165, 1.54) is 12.1 Å². The lowest BCUT2D eigenvalue weighted by Crippen LogP contribution is -2.27. The molecular weight excluding hydrogens is 219 g/mol. The van der Waals surface area contributed by atoms with Gasteiger partial charge in [0.15, 0.2) is 0 Å². The Morgan fingerprint density at radius 2 is 2.18 bits per heavy atom. The highest BCUT2D eigenvalue weighted by Gasteiger charge is 2.25. The molecular formula is C13H13FN2O. The topological polar surface area (TPSA) is 34.0 Å². The summed E-state index contributed by atoms with van der Waals surface area (Å²) < 4.78 is 14.9. The van der Waals surface area contributed by atoms with Crippen LogP contribution in [0.3, 0.4) is 0 Å². The number of fused-ring (bicyclic) bond motifs is 1. The van der Waals surface area contributed by atoms with Crippen LogP contribution in [-0.2, 0) is 7.05 Å². The molecule has 1 saturated carbocycles. The van der Waals surface area contributed by atoms with Gasteiger partial charge in [0.25, 0.3) is 5.91 Å². The van der Waals surface area contributed by atoms with Crippen LogP contribution in [0.25, 0.3) is 10.9 Å². The molecule has 1 amide bonds. The first-order valence-electron chi connectivity index (χ1n) is 5.71. The minimum Gasteiger partial charge on any atom is -0.348 e. The maximum Gasteiger partial charge on any atom is 0.268 e. The van der Waals surface area contributed by atoms with E-state index < -0.39 is 0 Å². The molecule has 0 bridgehead atoms. The van der Waals surface area contributed by atoms with Crippen LogP contribution in [0, 0.1) is 5.82 Å². The summed E-state index contributed by atoms with van der Waals surface area (Å²) in [5.74, 6) is -0.362. The molecule has 2 aromatic rings. The molecule has 3 rings (SSSR count). The van der Waals surface area contributed by atoms with Crippen molar-refractivity contribution in [2.45, 2.75) is 18.9 Å². The van der Waals surface area contributed by atoms with E-state index in [2.05, 4.69) is 5.32 Å². The molecule has 1 aliphatic rings. The first-order chi connectivity index (χ1) is 8.15. The van der Waals surface area contributed by atoms with Gasteiger partial charge in [0.1, 0.15) is 11.5 Å². The summed E-state index contributed by atoms with van der Waals surface area (Å²) >= 11 is 0. The lowest BCUT2D eigenvalue weighted by Gasteiger charge is -2.04. The second kappa shape index (κ2) is 3.58. The van der Waals surface area contributed by atoms with Crippen LogP contribution in [0.1, 0.15) is 23.3 Å². The highest BCUT2D eigenvalue weighted by molar-refractivity contribution is 5.98. The number of nitrogens with one attached hydrogen (secondary N) is 1. The monoisotopic (exact) mass is 232 g/mol. The SMILES string of the molecule is Cn1c(C(=O)NC2CC2)cc2ccc(F)cc21.